The van der Waals surface area contributed by atoms with Gasteiger partial charge < -0.3 is 29.4 Å². The molecule has 2 aliphatic heterocycles. The molecule has 4 heterocycles. The van der Waals surface area contributed by atoms with E-state index in [0.29, 0.717) is 0 Å². The van der Waals surface area contributed by atoms with Crippen LogP contribution in [0.15, 0.2) is 195 Å². The average Bonchev–Trinajstić information content (AvgIpc) is 3.59. The highest BCUT2D eigenvalue weighted by molar-refractivity contribution is 7.51. The lowest BCUT2D eigenvalue weighted by Gasteiger charge is -2.34. The molecule has 0 saturated carbocycles. The zero-order valence-corrected chi connectivity index (χ0v) is 35.0. The molecule has 4 N–H and O–H groups in total. The molecule has 0 saturated heterocycles. The Hall–Kier alpha value is -5.96. The van der Waals surface area contributed by atoms with E-state index in [4.69, 9.17) is 0 Å². The number of nitrogens with zero attached hydrogens (tertiary/aromatic N) is 4. The summed E-state index contributed by atoms with van der Waals surface area (Å²) in [6.45, 7) is 0.521. The van der Waals surface area contributed by atoms with Crippen LogP contribution in [0.3, 0.4) is 0 Å². The molecule has 6 aromatic rings. The van der Waals surface area contributed by atoms with Crippen molar-refractivity contribution < 1.29 is 37.8 Å². The fraction of sp³-hybridized carbons (Fsp3) is 0.143. The summed E-state index contributed by atoms with van der Waals surface area (Å²) in [5.74, 6) is 0.158. The lowest BCUT2D eigenvalue weighted by atomic mass is 9.67. The molecule has 306 valence electrons. The van der Waals surface area contributed by atoms with E-state index in [2.05, 4.69) is 156 Å². The van der Waals surface area contributed by atoms with Gasteiger partial charge in [-0.1, -0.05) is 97.1 Å². The van der Waals surface area contributed by atoms with Gasteiger partial charge in [-0.3, -0.25) is 9.13 Å². The molecule has 10 nitrogen and oxygen atoms in total. The molecule has 0 amide bonds. The molecular formula is C49H46N4O6P2+2. The van der Waals surface area contributed by atoms with Gasteiger partial charge in [-0.05, 0) is 68.8 Å². The summed E-state index contributed by atoms with van der Waals surface area (Å²) in [6.07, 6.45) is 24.0. The van der Waals surface area contributed by atoms with Gasteiger partial charge in [-0.25, -0.2) is 9.13 Å². The van der Waals surface area contributed by atoms with Crippen molar-refractivity contribution in [1.29, 1.82) is 0 Å². The molecule has 2 aromatic heterocycles. The van der Waals surface area contributed by atoms with E-state index in [1.165, 1.54) is 33.4 Å². The number of fused-ring (bicyclic) bond motifs is 3. The maximum atomic E-state index is 11.3. The van der Waals surface area contributed by atoms with Gasteiger partial charge in [0.2, 0.25) is 0 Å². The number of benzene rings is 4. The standard InChI is InChI=1S/C49H44N4O6P2/c54-60(55,56)35-33-50-25-17-37(18-26-50)39-21-29-52(30-22-39)43-13-9-41(10-14-43)49(47-7-3-1-5-45(47)46-6-2-4-8-48(46)49)42-11-15-44(16-12-42)53-31-23-40(24-32-53)38-19-27-51(28-20-38)34-36-61(57,58)59/h1-32,39-40H,33-36H2,(H2-2,54,55,56,57,58,59)/p+2. The Morgan fingerprint density at radius 2 is 0.820 bits per heavy atom. The lowest BCUT2D eigenvalue weighted by Crippen LogP contribution is -2.34. The Morgan fingerprint density at radius 1 is 0.475 bits per heavy atom. The highest BCUT2D eigenvalue weighted by Gasteiger charge is 2.46. The molecular weight excluding hydrogens is 803 g/mol. The minimum Gasteiger partial charge on any atom is -0.324 e. The van der Waals surface area contributed by atoms with Crippen LogP contribution in [-0.4, -0.2) is 31.9 Å². The van der Waals surface area contributed by atoms with Gasteiger partial charge in [0.25, 0.3) is 0 Å². The molecule has 0 fully saturated rings. The minimum absolute atomic E-state index is 0.0789. The Bertz CT molecular complexity index is 2550. The van der Waals surface area contributed by atoms with Gasteiger partial charge in [0, 0.05) is 72.3 Å². The predicted octanol–water partition coefficient (Wildman–Crippen LogP) is 8.24. The van der Waals surface area contributed by atoms with Crippen molar-refractivity contribution in [1.82, 2.24) is 0 Å². The molecule has 12 heteroatoms. The van der Waals surface area contributed by atoms with Gasteiger partial charge in [0.15, 0.2) is 37.9 Å². The first-order valence-corrected chi connectivity index (χ1v) is 23.8. The van der Waals surface area contributed by atoms with E-state index in [1.54, 1.807) is 9.13 Å². The Kier molecular flexibility index (Phi) is 10.9. The minimum atomic E-state index is -4.05. The van der Waals surface area contributed by atoms with Crippen molar-refractivity contribution in [2.24, 2.45) is 0 Å². The molecule has 0 radical (unpaired) electrons. The average molecular weight is 849 g/mol. The van der Waals surface area contributed by atoms with Crippen molar-refractivity contribution in [3.05, 3.63) is 229 Å². The first kappa shape index (κ1) is 40.4. The topological polar surface area (TPSA) is 129 Å². The van der Waals surface area contributed by atoms with E-state index in [0.717, 1.165) is 22.5 Å². The highest BCUT2D eigenvalue weighted by Crippen LogP contribution is 2.56. The van der Waals surface area contributed by atoms with Crippen LogP contribution in [0.1, 0.15) is 45.2 Å². The zero-order valence-electron chi connectivity index (χ0n) is 33.2. The van der Waals surface area contributed by atoms with E-state index >= 15 is 0 Å². The summed E-state index contributed by atoms with van der Waals surface area (Å²) in [5.41, 5.74) is 11.0. The molecule has 4 aromatic carbocycles. The summed E-state index contributed by atoms with van der Waals surface area (Å²) in [4.78, 5) is 41.2. The molecule has 1 aliphatic carbocycles. The summed E-state index contributed by atoms with van der Waals surface area (Å²) in [7, 11) is -8.10. The summed E-state index contributed by atoms with van der Waals surface area (Å²) >= 11 is 0. The second-order valence-corrected chi connectivity index (χ2v) is 19.2. The molecule has 0 bridgehead atoms. The number of allylic oxidation sites excluding steroid dienone is 4. The fourth-order valence-corrected chi connectivity index (χ4v) is 9.70. The molecule has 61 heavy (non-hydrogen) atoms. The number of hydrogen-bond donors (Lipinski definition) is 4. The van der Waals surface area contributed by atoms with Gasteiger partial charge >= 0.3 is 15.2 Å². The van der Waals surface area contributed by atoms with Gasteiger partial charge in [-0.2, -0.15) is 0 Å². The molecule has 0 unspecified atom stereocenters. The largest absolute Gasteiger partial charge is 0.331 e. The summed E-state index contributed by atoms with van der Waals surface area (Å²) < 4.78 is 26.2. The Labute approximate surface area is 355 Å². The first-order valence-electron chi connectivity index (χ1n) is 20.2. The smallest absolute Gasteiger partial charge is 0.324 e. The monoisotopic (exact) mass is 848 g/mol. The first-order chi connectivity index (χ1) is 29.4. The third-order valence-electron chi connectivity index (χ3n) is 11.9. The molecule has 3 aliphatic rings. The van der Waals surface area contributed by atoms with Crippen molar-refractivity contribution in [2.75, 3.05) is 22.1 Å². The number of pyridine rings is 2. The van der Waals surface area contributed by atoms with Crippen LogP contribution in [-0.2, 0) is 27.6 Å². The van der Waals surface area contributed by atoms with Crippen LogP contribution in [0.25, 0.3) is 11.1 Å². The second kappa shape index (κ2) is 16.5. The molecule has 9 rings (SSSR count). The molecule has 0 spiro atoms. The van der Waals surface area contributed by atoms with Crippen LogP contribution in [0.2, 0.25) is 0 Å². The van der Waals surface area contributed by atoms with Gasteiger partial charge in [-0.15, -0.1) is 0 Å². The zero-order chi connectivity index (χ0) is 42.2. The number of aromatic nitrogens is 2. The fourth-order valence-electron chi connectivity index (χ4n) is 8.72. The maximum Gasteiger partial charge on any atom is 0.331 e. The predicted molar refractivity (Wildman–Crippen MR) is 238 cm³/mol. The van der Waals surface area contributed by atoms with Crippen LogP contribution >= 0.6 is 15.2 Å². The summed E-state index contributed by atoms with van der Waals surface area (Å²) in [6, 6.07) is 43.2. The van der Waals surface area contributed by atoms with Crippen LogP contribution < -0.4 is 18.9 Å². The Balaban J connectivity index is 0.961. The lowest BCUT2D eigenvalue weighted by molar-refractivity contribution is -0.693. The highest BCUT2D eigenvalue weighted by atomic mass is 31.2. The number of rotatable bonds is 12. The molecule has 0 atom stereocenters. The van der Waals surface area contributed by atoms with E-state index in [-0.39, 0.29) is 37.2 Å². The van der Waals surface area contributed by atoms with E-state index in [1.807, 2.05) is 49.1 Å². The third kappa shape index (κ3) is 8.39. The van der Waals surface area contributed by atoms with E-state index in [9.17, 15) is 28.7 Å². The van der Waals surface area contributed by atoms with Crippen molar-refractivity contribution in [3.8, 4) is 11.1 Å². The Morgan fingerprint density at radius 3 is 1.16 bits per heavy atom. The summed E-state index contributed by atoms with van der Waals surface area (Å²) in [5, 5.41) is 0. The van der Waals surface area contributed by atoms with Gasteiger partial charge in [0.05, 0.1) is 5.41 Å². The van der Waals surface area contributed by atoms with Gasteiger partial charge in [0.1, 0.15) is 12.3 Å². The van der Waals surface area contributed by atoms with Crippen LogP contribution in [0.5, 0.6) is 0 Å². The third-order valence-corrected chi connectivity index (χ3v) is 13.4. The number of anilines is 2. The van der Waals surface area contributed by atoms with Crippen LogP contribution in [0.4, 0.5) is 11.4 Å². The van der Waals surface area contributed by atoms with Crippen molar-refractivity contribution >= 4 is 26.6 Å². The SMILES string of the molecule is O=P(O)(O)CC[n+]1ccc(C2C=CN(c3ccc(C4(c5ccc(N6C=CC(c7cc[n+](CCP(=O)(O)O)cc7)C=C6)cc5)c5ccccc5-c5ccccc54)cc3)C=C2)cc1. The normalized spacial score (nSPS) is 15.9. The van der Waals surface area contributed by atoms with Crippen LogP contribution in [0, 0.1) is 0 Å². The van der Waals surface area contributed by atoms with E-state index < -0.39 is 20.6 Å². The number of hydrogen-bond acceptors (Lipinski definition) is 4. The quantitative estimate of drug-likeness (QED) is 0.0716. The van der Waals surface area contributed by atoms with Crippen molar-refractivity contribution in [2.45, 2.75) is 30.3 Å². The maximum absolute atomic E-state index is 11.3. The number of aryl methyl sites for hydroxylation is 2. The van der Waals surface area contributed by atoms with Crippen molar-refractivity contribution in [3.63, 3.8) is 0 Å². The second-order valence-electron chi connectivity index (χ2n) is 15.7.